The van der Waals surface area contributed by atoms with E-state index >= 15 is 0 Å². The van der Waals surface area contributed by atoms with Crippen molar-refractivity contribution >= 4 is 26.3 Å². The van der Waals surface area contributed by atoms with Gasteiger partial charge in [-0.15, -0.1) is 0 Å². The van der Waals surface area contributed by atoms with Gasteiger partial charge in [0, 0.05) is 37.7 Å². The molecule has 2 N–H and O–H groups in total. The van der Waals surface area contributed by atoms with E-state index in [1.54, 1.807) is 0 Å². The van der Waals surface area contributed by atoms with Crippen molar-refractivity contribution in [3.8, 4) is 0 Å². The summed E-state index contributed by atoms with van der Waals surface area (Å²) in [7, 11) is 0.915. The van der Waals surface area contributed by atoms with Gasteiger partial charge in [-0.1, -0.05) is 97.1 Å². The first-order chi connectivity index (χ1) is 18.4. The lowest BCUT2D eigenvalue weighted by atomic mass is 9.80. The second-order valence-electron chi connectivity index (χ2n) is 8.67. The lowest BCUT2D eigenvalue weighted by molar-refractivity contribution is 0.0569. The highest BCUT2D eigenvalue weighted by Gasteiger charge is 2.23. The number of nitrogens with one attached hydrogen (secondary N) is 2. The van der Waals surface area contributed by atoms with Crippen LogP contribution in [-0.2, 0) is 14.0 Å². The quantitative estimate of drug-likeness (QED) is 0.163. The van der Waals surface area contributed by atoms with Crippen LogP contribution in [0.3, 0.4) is 0 Å². The summed E-state index contributed by atoms with van der Waals surface area (Å²) >= 11 is 0. The van der Waals surface area contributed by atoms with Crippen LogP contribution in [0.15, 0.2) is 121 Å². The van der Waals surface area contributed by atoms with E-state index in [4.69, 9.17) is 14.0 Å². The van der Waals surface area contributed by atoms with Crippen LogP contribution in [0.2, 0.25) is 0 Å². The third kappa shape index (κ3) is 9.46. The Kier molecular flexibility index (Phi) is 11.2. The van der Waals surface area contributed by atoms with Gasteiger partial charge in [0.1, 0.15) is 0 Å². The van der Waals surface area contributed by atoms with Crippen LogP contribution >= 0.6 is 0 Å². The van der Waals surface area contributed by atoms with Crippen molar-refractivity contribution in [2.24, 2.45) is 0 Å². The van der Waals surface area contributed by atoms with E-state index < -0.39 is 0 Å². The molecule has 0 aliphatic carbocycles. The maximum absolute atomic E-state index is 6.66. The van der Waals surface area contributed by atoms with Crippen molar-refractivity contribution in [3.05, 3.63) is 132 Å². The van der Waals surface area contributed by atoms with Crippen LogP contribution < -0.4 is 10.6 Å². The Morgan fingerprint density at radius 1 is 0.486 bits per heavy atom. The van der Waals surface area contributed by atoms with Gasteiger partial charge in [0.05, 0.1) is 12.0 Å². The topological polar surface area (TPSA) is 51.8 Å². The Hall–Kier alpha value is -3.51. The minimum atomic E-state index is -0.214. The van der Waals surface area contributed by atoms with Crippen molar-refractivity contribution in [1.82, 2.24) is 0 Å². The van der Waals surface area contributed by atoms with Gasteiger partial charge in [-0.25, -0.2) is 0 Å². The Morgan fingerprint density at radius 2 is 0.838 bits per heavy atom. The van der Waals surface area contributed by atoms with Gasteiger partial charge in [0.25, 0.3) is 0 Å². The second-order valence-corrected chi connectivity index (χ2v) is 8.67. The van der Waals surface area contributed by atoms with Gasteiger partial charge in [0.2, 0.25) is 0 Å². The van der Waals surface area contributed by atoms with E-state index in [2.05, 4.69) is 59.2 Å². The Labute approximate surface area is 221 Å². The zero-order chi connectivity index (χ0) is 25.4. The first-order valence-electron chi connectivity index (χ1n) is 12.9. The molecule has 0 aliphatic rings. The molecule has 37 heavy (non-hydrogen) atoms. The Bertz CT molecular complexity index is 1030. The third-order valence-corrected chi connectivity index (χ3v) is 5.91. The minimum Gasteiger partial charge on any atom is -0.434 e. The van der Waals surface area contributed by atoms with E-state index in [1.807, 2.05) is 72.8 Å². The molecule has 188 valence electrons. The number of rotatable bonds is 16. The number of anilines is 2. The SMILES string of the molecule is B(OCCNc1ccccc1)C(OC(BOCCNc1ccccc1)c1ccccc1)c1ccccc1. The van der Waals surface area contributed by atoms with Crippen molar-refractivity contribution in [3.63, 3.8) is 0 Å². The van der Waals surface area contributed by atoms with Gasteiger partial charge in [-0.2, -0.15) is 0 Å². The largest absolute Gasteiger partial charge is 0.434 e. The summed E-state index contributed by atoms with van der Waals surface area (Å²) in [6.07, 6.45) is 0. The first-order valence-corrected chi connectivity index (χ1v) is 12.9. The van der Waals surface area contributed by atoms with Gasteiger partial charge >= 0.3 is 15.0 Å². The van der Waals surface area contributed by atoms with Gasteiger partial charge in [-0.05, 0) is 35.4 Å². The summed E-state index contributed by atoms with van der Waals surface area (Å²) in [6, 6.07) is 40.4. The van der Waals surface area contributed by atoms with Crippen LogP contribution in [0, 0.1) is 0 Å². The molecular weight excluding hydrogens is 458 g/mol. The highest BCUT2D eigenvalue weighted by Crippen LogP contribution is 2.26. The van der Waals surface area contributed by atoms with E-state index in [-0.39, 0.29) is 12.0 Å². The van der Waals surface area contributed by atoms with Crippen molar-refractivity contribution in [2.45, 2.75) is 12.0 Å². The average Bonchev–Trinajstić information content (AvgIpc) is 2.97. The molecule has 0 saturated heterocycles. The summed E-state index contributed by atoms with van der Waals surface area (Å²) in [6.45, 7) is 2.62. The van der Waals surface area contributed by atoms with E-state index in [9.17, 15) is 0 Å². The molecule has 4 aromatic carbocycles. The molecule has 0 fully saturated rings. The predicted molar refractivity (Wildman–Crippen MR) is 156 cm³/mol. The van der Waals surface area contributed by atoms with Crippen LogP contribution in [0.25, 0.3) is 0 Å². The molecule has 0 aromatic heterocycles. The zero-order valence-electron chi connectivity index (χ0n) is 21.2. The molecule has 0 saturated carbocycles. The van der Waals surface area contributed by atoms with Crippen LogP contribution in [0.4, 0.5) is 11.4 Å². The van der Waals surface area contributed by atoms with Crippen molar-refractivity contribution in [2.75, 3.05) is 36.9 Å². The molecule has 0 amide bonds. The lowest BCUT2D eigenvalue weighted by Crippen LogP contribution is -2.25. The standard InChI is InChI=1S/C30H34B2N2O3/c1-5-13-25(14-6-1)29(31-35-23-21-33-27-17-9-3-10-18-27)37-30(26-15-7-2-8-16-26)32-36-24-22-34-28-19-11-4-12-20-28/h1-20,29-34H,21-24H2. The van der Waals surface area contributed by atoms with E-state index in [1.165, 1.54) is 0 Å². The highest BCUT2D eigenvalue weighted by molar-refractivity contribution is 6.31. The minimum absolute atomic E-state index is 0.214. The number of ether oxygens (including phenoxy) is 1. The summed E-state index contributed by atoms with van der Waals surface area (Å²) in [5.41, 5.74) is 4.35. The second kappa shape index (κ2) is 15.6. The maximum Gasteiger partial charge on any atom is 0.309 e. The molecular formula is C30H34B2N2O3. The predicted octanol–water partition coefficient (Wildman–Crippen LogP) is 5.36. The van der Waals surface area contributed by atoms with E-state index in [0.717, 1.165) is 35.6 Å². The monoisotopic (exact) mass is 492 g/mol. The molecule has 7 heteroatoms. The number of hydrogen-bond donors (Lipinski definition) is 2. The summed E-state index contributed by atoms with van der Waals surface area (Å²) in [5.74, 6) is 0. The molecule has 4 aromatic rings. The zero-order valence-corrected chi connectivity index (χ0v) is 21.2. The van der Waals surface area contributed by atoms with Crippen LogP contribution in [0.1, 0.15) is 23.1 Å². The van der Waals surface area contributed by atoms with Gasteiger partial charge in [0.15, 0.2) is 0 Å². The maximum atomic E-state index is 6.66. The molecule has 0 radical (unpaired) electrons. The molecule has 0 bridgehead atoms. The Balaban J connectivity index is 1.32. The summed E-state index contributed by atoms with van der Waals surface area (Å²) in [5, 5.41) is 6.77. The number of hydrogen-bond acceptors (Lipinski definition) is 5. The molecule has 0 aliphatic heterocycles. The fourth-order valence-corrected chi connectivity index (χ4v) is 3.99. The Morgan fingerprint density at radius 3 is 1.22 bits per heavy atom. The van der Waals surface area contributed by atoms with Crippen molar-refractivity contribution in [1.29, 1.82) is 0 Å². The molecule has 4 rings (SSSR count). The van der Waals surface area contributed by atoms with Gasteiger partial charge < -0.3 is 24.7 Å². The first kappa shape index (κ1) is 26.6. The summed E-state index contributed by atoms with van der Waals surface area (Å²) in [4.78, 5) is 0. The van der Waals surface area contributed by atoms with E-state index in [0.29, 0.717) is 28.2 Å². The molecule has 5 nitrogen and oxygen atoms in total. The van der Waals surface area contributed by atoms with Crippen LogP contribution in [-0.4, -0.2) is 41.3 Å². The van der Waals surface area contributed by atoms with Crippen LogP contribution in [0.5, 0.6) is 0 Å². The highest BCUT2D eigenvalue weighted by atomic mass is 16.5. The molecule has 0 heterocycles. The molecule has 2 unspecified atom stereocenters. The number of benzene rings is 4. The normalized spacial score (nSPS) is 12.3. The molecule has 0 spiro atoms. The fourth-order valence-electron chi connectivity index (χ4n) is 3.99. The fraction of sp³-hybridized carbons (Fsp3) is 0.200. The summed E-state index contributed by atoms with van der Waals surface area (Å²) < 4.78 is 18.8. The van der Waals surface area contributed by atoms with Crippen molar-refractivity contribution < 1.29 is 14.0 Å². The third-order valence-electron chi connectivity index (χ3n) is 5.91. The lowest BCUT2D eigenvalue weighted by Gasteiger charge is -2.25. The smallest absolute Gasteiger partial charge is 0.309 e. The van der Waals surface area contributed by atoms with Gasteiger partial charge in [-0.3, -0.25) is 0 Å². The number of para-hydroxylation sites is 2. The average molecular weight is 492 g/mol. The molecule has 2 atom stereocenters.